The van der Waals surface area contributed by atoms with Crippen molar-refractivity contribution in [3.8, 4) is 0 Å². The molecule has 1 aliphatic heterocycles. The van der Waals surface area contributed by atoms with Crippen molar-refractivity contribution in [1.82, 2.24) is 0 Å². The maximum absolute atomic E-state index is 12.3. The van der Waals surface area contributed by atoms with Crippen LogP contribution in [0.3, 0.4) is 0 Å². The number of halogens is 1. The van der Waals surface area contributed by atoms with Crippen LogP contribution >= 0.6 is 22.9 Å². The Kier molecular flexibility index (Phi) is 4.52. The van der Waals surface area contributed by atoms with Gasteiger partial charge in [-0.2, -0.15) is 0 Å². The van der Waals surface area contributed by atoms with Crippen molar-refractivity contribution in [2.45, 2.75) is 26.3 Å². The van der Waals surface area contributed by atoms with Crippen molar-refractivity contribution in [1.29, 1.82) is 0 Å². The summed E-state index contributed by atoms with van der Waals surface area (Å²) in [7, 11) is 0. The third-order valence-electron chi connectivity index (χ3n) is 4.38. The van der Waals surface area contributed by atoms with Gasteiger partial charge >= 0.3 is 0 Å². The van der Waals surface area contributed by atoms with Crippen LogP contribution in [0.5, 0.6) is 0 Å². The highest BCUT2D eigenvalue weighted by atomic mass is 35.5. The van der Waals surface area contributed by atoms with E-state index in [9.17, 15) is 4.79 Å². The van der Waals surface area contributed by atoms with Crippen molar-refractivity contribution in [2.75, 3.05) is 18.4 Å². The van der Waals surface area contributed by atoms with E-state index in [1.165, 1.54) is 15.3 Å². The lowest BCUT2D eigenvalue weighted by molar-refractivity contribution is -0.923. The largest absolute Gasteiger partial charge is 0.321 e. The lowest BCUT2D eigenvalue weighted by Crippen LogP contribution is -3.14. The van der Waals surface area contributed by atoms with E-state index >= 15 is 0 Å². The minimum absolute atomic E-state index is 0.0421. The number of benzene rings is 1. The second kappa shape index (κ2) is 6.41. The van der Waals surface area contributed by atoms with Crippen LogP contribution in [0.1, 0.15) is 29.0 Å². The zero-order valence-electron chi connectivity index (χ0n) is 12.8. The number of nitrogens with one attached hydrogen (secondary N) is 2. The van der Waals surface area contributed by atoms with Crippen LogP contribution in [0, 0.1) is 6.92 Å². The van der Waals surface area contributed by atoms with Gasteiger partial charge in [0.25, 0.3) is 5.91 Å². The number of rotatable bonds is 3. The SMILES string of the molecule is Cc1ccc(NC(=O)C[NH+]2CCc3sccc3[C@@H]2C)cc1Cl. The number of aryl methyl sites for hydroxylation is 1. The Bertz CT molecular complexity index is 698. The Hall–Kier alpha value is -1.36. The Morgan fingerprint density at radius 3 is 3.05 bits per heavy atom. The minimum Gasteiger partial charge on any atom is -0.321 e. The maximum atomic E-state index is 12.3. The van der Waals surface area contributed by atoms with Gasteiger partial charge < -0.3 is 10.2 Å². The number of carbonyl (C=O) groups is 1. The van der Waals surface area contributed by atoms with Gasteiger partial charge in [0.15, 0.2) is 6.54 Å². The number of hydrogen-bond donors (Lipinski definition) is 2. The first-order valence-electron chi connectivity index (χ1n) is 7.51. The maximum Gasteiger partial charge on any atom is 0.279 e. The van der Waals surface area contributed by atoms with Crippen molar-refractivity contribution in [3.05, 3.63) is 50.7 Å². The van der Waals surface area contributed by atoms with Gasteiger partial charge in [0.05, 0.1) is 6.54 Å². The van der Waals surface area contributed by atoms with Gasteiger partial charge in [-0.15, -0.1) is 11.3 Å². The molecule has 0 saturated heterocycles. The summed E-state index contributed by atoms with van der Waals surface area (Å²) < 4.78 is 0. The first-order chi connectivity index (χ1) is 10.5. The van der Waals surface area contributed by atoms with E-state index in [1.54, 1.807) is 6.07 Å². The third-order valence-corrected chi connectivity index (χ3v) is 5.78. The Morgan fingerprint density at radius 2 is 2.27 bits per heavy atom. The predicted octanol–water partition coefficient (Wildman–Crippen LogP) is 2.85. The summed E-state index contributed by atoms with van der Waals surface area (Å²) in [6.45, 7) is 5.65. The van der Waals surface area contributed by atoms with E-state index < -0.39 is 0 Å². The second-order valence-corrected chi connectivity index (χ2v) is 7.28. The molecule has 0 fully saturated rings. The van der Waals surface area contributed by atoms with Crippen molar-refractivity contribution < 1.29 is 9.69 Å². The lowest BCUT2D eigenvalue weighted by Gasteiger charge is -2.29. The van der Waals surface area contributed by atoms with E-state index in [2.05, 4.69) is 23.7 Å². The first kappa shape index (κ1) is 15.5. The van der Waals surface area contributed by atoms with Crippen LogP contribution in [0.4, 0.5) is 5.69 Å². The van der Waals surface area contributed by atoms with E-state index in [4.69, 9.17) is 11.6 Å². The van der Waals surface area contributed by atoms with Gasteiger partial charge in [0, 0.05) is 27.6 Å². The molecule has 0 radical (unpaired) electrons. The van der Waals surface area contributed by atoms with E-state index in [0.717, 1.165) is 24.2 Å². The smallest absolute Gasteiger partial charge is 0.279 e. The van der Waals surface area contributed by atoms with Crippen LogP contribution in [-0.4, -0.2) is 19.0 Å². The Balaban J connectivity index is 1.64. The molecule has 2 N–H and O–H groups in total. The number of hydrogen-bond acceptors (Lipinski definition) is 2. The summed E-state index contributed by atoms with van der Waals surface area (Å²) >= 11 is 7.93. The topological polar surface area (TPSA) is 33.5 Å². The molecule has 22 heavy (non-hydrogen) atoms. The van der Waals surface area contributed by atoms with Crippen molar-refractivity contribution in [3.63, 3.8) is 0 Å². The fourth-order valence-electron chi connectivity index (χ4n) is 2.97. The van der Waals surface area contributed by atoms with Crippen LogP contribution in [-0.2, 0) is 11.2 Å². The normalized spacial score (nSPS) is 20.5. The fourth-order valence-corrected chi connectivity index (χ4v) is 4.13. The highest BCUT2D eigenvalue weighted by molar-refractivity contribution is 7.10. The molecule has 0 bridgehead atoms. The average Bonchev–Trinajstić information content (AvgIpc) is 2.95. The van der Waals surface area contributed by atoms with Crippen molar-refractivity contribution in [2.24, 2.45) is 0 Å². The molecule has 2 heterocycles. The molecule has 5 heteroatoms. The molecular weight excluding hydrogens is 316 g/mol. The van der Waals surface area contributed by atoms with Crippen LogP contribution < -0.4 is 10.2 Å². The zero-order chi connectivity index (χ0) is 15.7. The van der Waals surface area contributed by atoms with Gasteiger partial charge in [-0.05, 0) is 43.0 Å². The fraction of sp³-hybridized carbons (Fsp3) is 0.353. The van der Waals surface area contributed by atoms with Gasteiger partial charge in [-0.1, -0.05) is 17.7 Å². The summed E-state index contributed by atoms with van der Waals surface area (Å²) in [6, 6.07) is 8.20. The number of carbonyl (C=O) groups excluding carboxylic acids is 1. The highest BCUT2D eigenvalue weighted by Crippen LogP contribution is 2.24. The molecule has 0 spiro atoms. The monoisotopic (exact) mass is 335 g/mol. The molecule has 3 rings (SSSR count). The first-order valence-corrected chi connectivity index (χ1v) is 8.77. The number of quaternary nitrogens is 1. The van der Waals surface area contributed by atoms with Crippen LogP contribution in [0.25, 0.3) is 0 Å². The lowest BCUT2D eigenvalue weighted by atomic mass is 10.0. The molecule has 2 atom stereocenters. The van der Waals surface area contributed by atoms with Crippen LogP contribution in [0.2, 0.25) is 5.02 Å². The predicted molar refractivity (Wildman–Crippen MR) is 92.0 cm³/mol. The zero-order valence-corrected chi connectivity index (χ0v) is 14.4. The van der Waals surface area contributed by atoms with E-state index in [-0.39, 0.29) is 5.91 Å². The van der Waals surface area contributed by atoms with Gasteiger partial charge in [-0.3, -0.25) is 4.79 Å². The second-order valence-electron chi connectivity index (χ2n) is 5.87. The number of thiophene rings is 1. The standard InChI is InChI=1S/C17H19ClN2OS/c1-11-3-4-13(9-15(11)18)19-17(21)10-20-7-5-16-14(12(20)2)6-8-22-16/h3-4,6,8-9,12H,5,7,10H2,1-2H3,(H,19,21)/p+1/t12-/m0/s1. The third kappa shape index (κ3) is 3.19. The number of fused-ring (bicyclic) bond motifs is 1. The molecule has 0 aliphatic carbocycles. The van der Waals surface area contributed by atoms with Gasteiger partial charge in [-0.25, -0.2) is 0 Å². The summed E-state index contributed by atoms with van der Waals surface area (Å²) in [5.74, 6) is 0.0421. The molecule has 1 aromatic carbocycles. The van der Waals surface area contributed by atoms with Gasteiger partial charge in [0.1, 0.15) is 6.04 Å². The van der Waals surface area contributed by atoms with Gasteiger partial charge in [0.2, 0.25) is 0 Å². The van der Waals surface area contributed by atoms with Crippen molar-refractivity contribution >= 4 is 34.5 Å². The molecule has 1 aliphatic rings. The molecular formula is C17H20ClN2OS+. The average molecular weight is 336 g/mol. The molecule has 1 unspecified atom stereocenters. The summed E-state index contributed by atoms with van der Waals surface area (Å²) in [5, 5.41) is 5.79. The number of anilines is 1. The summed E-state index contributed by atoms with van der Waals surface area (Å²) in [6.07, 6.45) is 1.07. The molecule has 1 amide bonds. The molecule has 2 aromatic rings. The summed E-state index contributed by atoms with van der Waals surface area (Å²) in [4.78, 5) is 15.1. The quantitative estimate of drug-likeness (QED) is 0.888. The molecule has 116 valence electrons. The summed E-state index contributed by atoms with van der Waals surface area (Å²) in [5.41, 5.74) is 3.18. The molecule has 3 nitrogen and oxygen atoms in total. The Morgan fingerprint density at radius 1 is 1.45 bits per heavy atom. The Labute approximate surface area is 139 Å². The minimum atomic E-state index is 0.0421. The molecule has 1 aromatic heterocycles. The molecule has 0 saturated carbocycles. The van der Waals surface area contributed by atoms with Crippen LogP contribution in [0.15, 0.2) is 29.6 Å². The van der Waals surface area contributed by atoms with E-state index in [0.29, 0.717) is 17.6 Å². The highest BCUT2D eigenvalue weighted by Gasteiger charge is 2.29. The number of amides is 1. The van der Waals surface area contributed by atoms with E-state index in [1.807, 2.05) is 30.4 Å².